The van der Waals surface area contributed by atoms with Gasteiger partial charge >= 0.3 is 0 Å². The minimum atomic E-state index is -0.509. The van der Waals surface area contributed by atoms with Crippen LogP contribution in [0.4, 0.5) is 10.1 Å². The van der Waals surface area contributed by atoms with E-state index in [0.29, 0.717) is 34.1 Å². The van der Waals surface area contributed by atoms with Crippen LogP contribution in [0.25, 0.3) is 10.9 Å². The predicted molar refractivity (Wildman–Crippen MR) is 101 cm³/mol. The average molecular weight is 362 g/mol. The number of nitrogens with zero attached hydrogens (tertiary/aromatic N) is 1. The number of benzene rings is 1. The molecule has 1 saturated carbocycles. The molecular formula is C18H23FN4OS. The molecule has 1 aliphatic carbocycles. The number of halogens is 1. The second-order valence-corrected chi connectivity index (χ2v) is 8.19. The highest BCUT2D eigenvalue weighted by molar-refractivity contribution is 7.99. The third-order valence-corrected chi connectivity index (χ3v) is 6.41. The first-order valence-electron chi connectivity index (χ1n) is 9.00. The summed E-state index contributed by atoms with van der Waals surface area (Å²) < 4.78 is 14.4. The van der Waals surface area contributed by atoms with Crippen molar-refractivity contribution in [2.24, 2.45) is 0 Å². The molecule has 0 atom stereocenters. The van der Waals surface area contributed by atoms with E-state index in [2.05, 4.69) is 20.6 Å². The van der Waals surface area contributed by atoms with Gasteiger partial charge in [0.2, 0.25) is 0 Å². The molecule has 0 spiro atoms. The van der Waals surface area contributed by atoms with E-state index in [1.165, 1.54) is 12.5 Å². The molecule has 1 aromatic heterocycles. The molecule has 0 radical (unpaired) electrons. The van der Waals surface area contributed by atoms with Gasteiger partial charge in [0.25, 0.3) is 5.56 Å². The second-order valence-electron chi connectivity index (χ2n) is 6.90. The van der Waals surface area contributed by atoms with Gasteiger partial charge in [0.05, 0.1) is 11.3 Å². The number of H-pyrrole nitrogens is 1. The number of aromatic nitrogens is 2. The van der Waals surface area contributed by atoms with Crippen molar-refractivity contribution >= 4 is 28.4 Å². The maximum absolute atomic E-state index is 14.4. The fourth-order valence-electron chi connectivity index (χ4n) is 3.37. The minimum Gasteiger partial charge on any atom is -0.382 e. The SMILES string of the molecule is O=c1[nH]c(CSC2CCNCC2)nc2cc(NC3CCC3)cc(F)c12. The second kappa shape index (κ2) is 7.33. The first-order chi connectivity index (χ1) is 12.2. The molecule has 0 bridgehead atoms. The lowest BCUT2D eigenvalue weighted by Gasteiger charge is -2.27. The van der Waals surface area contributed by atoms with Crippen molar-refractivity contribution in [3.63, 3.8) is 0 Å². The van der Waals surface area contributed by atoms with Crippen LogP contribution in [0.2, 0.25) is 0 Å². The van der Waals surface area contributed by atoms with Crippen LogP contribution in [-0.4, -0.2) is 34.3 Å². The van der Waals surface area contributed by atoms with E-state index in [1.54, 1.807) is 6.07 Å². The summed E-state index contributed by atoms with van der Waals surface area (Å²) in [5.41, 5.74) is 0.759. The Hall–Kier alpha value is -1.60. The smallest absolute Gasteiger partial charge is 0.261 e. The monoisotopic (exact) mass is 362 g/mol. The van der Waals surface area contributed by atoms with Gasteiger partial charge in [-0.3, -0.25) is 4.79 Å². The molecule has 134 valence electrons. The molecular weight excluding hydrogens is 339 g/mol. The number of nitrogens with one attached hydrogen (secondary N) is 3. The number of rotatable bonds is 5. The van der Waals surface area contributed by atoms with Crippen LogP contribution in [0.1, 0.15) is 37.9 Å². The van der Waals surface area contributed by atoms with Gasteiger partial charge in [-0.05, 0) is 57.3 Å². The van der Waals surface area contributed by atoms with Gasteiger partial charge in [0, 0.05) is 17.0 Å². The van der Waals surface area contributed by atoms with E-state index in [4.69, 9.17) is 0 Å². The molecule has 1 aromatic carbocycles. The van der Waals surface area contributed by atoms with E-state index in [1.807, 2.05) is 11.8 Å². The summed E-state index contributed by atoms with van der Waals surface area (Å²) in [5.74, 6) is 0.768. The van der Waals surface area contributed by atoms with Gasteiger partial charge in [-0.2, -0.15) is 11.8 Å². The predicted octanol–water partition coefficient (Wildman–Crippen LogP) is 3.01. The van der Waals surface area contributed by atoms with Crippen molar-refractivity contribution in [2.45, 2.75) is 49.1 Å². The molecule has 2 heterocycles. The van der Waals surface area contributed by atoms with Crippen LogP contribution in [-0.2, 0) is 5.75 Å². The molecule has 5 nitrogen and oxygen atoms in total. The van der Waals surface area contributed by atoms with Gasteiger partial charge in [-0.1, -0.05) is 0 Å². The number of hydrogen-bond acceptors (Lipinski definition) is 5. The number of aromatic amines is 1. The fourth-order valence-corrected chi connectivity index (χ4v) is 4.47. The topological polar surface area (TPSA) is 69.8 Å². The Morgan fingerprint density at radius 2 is 2.04 bits per heavy atom. The van der Waals surface area contributed by atoms with Crippen molar-refractivity contribution < 1.29 is 4.39 Å². The van der Waals surface area contributed by atoms with E-state index in [9.17, 15) is 9.18 Å². The lowest BCUT2D eigenvalue weighted by molar-refractivity contribution is 0.445. The van der Waals surface area contributed by atoms with Gasteiger partial charge < -0.3 is 15.6 Å². The summed E-state index contributed by atoms with van der Waals surface area (Å²) in [4.78, 5) is 19.6. The molecule has 25 heavy (non-hydrogen) atoms. The van der Waals surface area contributed by atoms with Crippen LogP contribution in [0, 0.1) is 5.82 Å². The Morgan fingerprint density at radius 3 is 2.76 bits per heavy atom. The third-order valence-electron chi connectivity index (χ3n) is 5.03. The van der Waals surface area contributed by atoms with Crippen molar-refractivity contribution in [2.75, 3.05) is 18.4 Å². The Morgan fingerprint density at radius 1 is 1.24 bits per heavy atom. The standard InChI is InChI=1S/C18H23FN4OS/c19-14-8-12(21-11-2-1-3-11)9-15-17(14)18(24)23-16(22-15)10-25-13-4-6-20-7-5-13/h8-9,11,13,20-21H,1-7,10H2,(H,22,23,24). The largest absolute Gasteiger partial charge is 0.382 e. The lowest BCUT2D eigenvalue weighted by Crippen LogP contribution is -2.29. The molecule has 0 unspecified atom stereocenters. The molecule has 3 N–H and O–H groups in total. The zero-order valence-corrected chi connectivity index (χ0v) is 14.9. The summed E-state index contributed by atoms with van der Waals surface area (Å²) >= 11 is 1.82. The maximum atomic E-state index is 14.4. The first kappa shape index (κ1) is 16.8. The molecule has 1 aliphatic heterocycles. The van der Waals surface area contributed by atoms with E-state index >= 15 is 0 Å². The normalized spacial score (nSPS) is 19.1. The third kappa shape index (κ3) is 3.82. The van der Waals surface area contributed by atoms with Crippen molar-refractivity contribution in [1.29, 1.82) is 0 Å². The van der Waals surface area contributed by atoms with Crippen LogP contribution in [0.15, 0.2) is 16.9 Å². The number of fused-ring (bicyclic) bond motifs is 1. The summed E-state index contributed by atoms with van der Waals surface area (Å²) in [6.07, 6.45) is 5.70. The molecule has 7 heteroatoms. The van der Waals surface area contributed by atoms with Crippen LogP contribution in [0.3, 0.4) is 0 Å². The summed E-state index contributed by atoms with van der Waals surface area (Å²) in [6, 6.07) is 3.61. The zero-order chi connectivity index (χ0) is 17.2. The Bertz CT molecular complexity index is 815. The average Bonchev–Trinajstić information content (AvgIpc) is 2.57. The highest BCUT2D eigenvalue weighted by Gasteiger charge is 2.19. The highest BCUT2D eigenvalue weighted by Crippen LogP contribution is 2.27. The summed E-state index contributed by atoms with van der Waals surface area (Å²) in [7, 11) is 0. The first-order valence-corrected chi connectivity index (χ1v) is 10.1. The minimum absolute atomic E-state index is 0.0507. The molecule has 2 aliphatic rings. The summed E-state index contributed by atoms with van der Waals surface area (Å²) in [5, 5.41) is 7.32. The Balaban J connectivity index is 1.56. The number of thioether (sulfide) groups is 1. The fraction of sp³-hybridized carbons (Fsp3) is 0.556. The highest BCUT2D eigenvalue weighted by atomic mass is 32.2. The van der Waals surface area contributed by atoms with Crippen molar-refractivity contribution in [3.8, 4) is 0 Å². The quantitative estimate of drug-likeness (QED) is 0.763. The van der Waals surface area contributed by atoms with Crippen LogP contribution < -0.4 is 16.2 Å². The van der Waals surface area contributed by atoms with Gasteiger partial charge in [-0.15, -0.1) is 0 Å². The van der Waals surface area contributed by atoms with E-state index in [-0.39, 0.29) is 5.39 Å². The number of piperidine rings is 1. The van der Waals surface area contributed by atoms with Gasteiger partial charge in [0.15, 0.2) is 0 Å². The molecule has 4 rings (SSSR count). The number of hydrogen-bond donors (Lipinski definition) is 3. The van der Waals surface area contributed by atoms with Gasteiger partial charge in [-0.25, -0.2) is 9.37 Å². The van der Waals surface area contributed by atoms with E-state index < -0.39 is 11.4 Å². The molecule has 1 saturated heterocycles. The molecule has 0 amide bonds. The summed E-state index contributed by atoms with van der Waals surface area (Å²) in [6.45, 7) is 2.08. The van der Waals surface area contributed by atoms with E-state index in [0.717, 1.165) is 38.8 Å². The zero-order valence-electron chi connectivity index (χ0n) is 14.1. The lowest BCUT2D eigenvalue weighted by atomic mass is 9.93. The Labute approximate surface area is 150 Å². The molecule has 2 fully saturated rings. The molecule has 2 aromatic rings. The Kier molecular flexibility index (Phi) is 4.94. The van der Waals surface area contributed by atoms with Crippen LogP contribution in [0.5, 0.6) is 0 Å². The number of anilines is 1. The van der Waals surface area contributed by atoms with Crippen molar-refractivity contribution in [1.82, 2.24) is 15.3 Å². The van der Waals surface area contributed by atoms with Crippen LogP contribution >= 0.6 is 11.8 Å². The van der Waals surface area contributed by atoms with Crippen molar-refractivity contribution in [3.05, 3.63) is 34.1 Å². The van der Waals surface area contributed by atoms with Gasteiger partial charge in [0.1, 0.15) is 17.0 Å². The maximum Gasteiger partial charge on any atom is 0.261 e.